The molecule has 134 valence electrons. The van der Waals surface area contributed by atoms with E-state index in [0.717, 1.165) is 16.5 Å². The van der Waals surface area contributed by atoms with E-state index in [2.05, 4.69) is 5.32 Å². The van der Waals surface area contributed by atoms with Crippen molar-refractivity contribution in [3.05, 3.63) is 64.4 Å². The summed E-state index contributed by atoms with van der Waals surface area (Å²) in [5.74, 6) is -0.125. The summed E-state index contributed by atoms with van der Waals surface area (Å²) in [5.41, 5.74) is 2.81. The Morgan fingerprint density at radius 2 is 1.92 bits per heavy atom. The normalized spacial score (nSPS) is 10.8. The lowest BCUT2D eigenvalue weighted by molar-refractivity contribution is -0.128. The molecule has 3 aromatic rings. The molecule has 0 fully saturated rings. The maximum Gasteiger partial charge on any atom is 0.291 e. The van der Waals surface area contributed by atoms with Gasteiger partial charge in [-0.15, -0.1) is 0 Å². The average Bonchev–Trinajstić information content (AvgIpc) is 2.94. The van der Waals surface area contributed by atoms with Crippen LogP contribution in [0.25, 0.3) is 11.0 Å². The lowest BCUT2D eigenvalue weighted by atomic mass is 10.1. The quantitative estimate of drug-likeness (QED) is 0.728. The summed E-state index contributed by atoms with van der Waals surface area (Å²) in [5, 5.41) is 4.13. The molecule has 0 aliphatic carbocycles. The van der Waals surface area contributed by atoms with E-state index in [4.69, 9.17) is 16.0 Å². The summed E-state index contributed by atoms with van der Waals surface area (Å²) in [6.07, 6.45) is 0. The van der Waals surface area contributed by atoms with Gasteiger partial charge in [0.25, 0.3) is 5.91 Å². The second kappa shape index (κ2) is 7.22. The highest BCUT2D eigenvalue weighted by Crippen LogP contribution is 2.31. The largest absolute Gasteiger partial charge is 0.449 e. The Hall–Kier alpha value is -2.79. The van der Waals surface area contributed by atoms with Gasteiger partial charge in [0.2, 0.25) is 5.91 Å². The summed E-state index contributed by atoms with van der Waals surface area (Å²) in [7, 11) is 1.73. The van der Waals surface area contributed by atoms with Crippen LogP contribution >= 0.6 is 11.6 Å². The van der Waals surface area contributed by atoms with E-state index in [1.807, 2.05) is 37.3 Å². The summed E-state index contributed by atoms with van der Waals surface area (Å²) < 4.78 is 5.69. The molecule has 1 N–H and O–H groups in total. The van der Waals surface area contributed by atoms with Gasteiger partial charge in [-0.05, 0) is 30.7 Å². The van der Waals surface area contributed by atoms with Crippen molar-refractivity contribution in [3.8, 4) is 0 Å². The van der Waals surface area contributed by atoms with Crippen LogP contribution in [0.5, 0.6) is 0 Å². The molecule has 2 aromatic carbocycles. The van der Waals surface area contributed by atoms with Crippen molar-refractivity contribution in [1.29, 1.82) is 0 Å². The van der Waals surface area contributed by atoms with Crippen LogP contribution in [0.4, 0.5) is 5.69 Å². The molecule has 6 heteroatoms. The third-order valence-corrected chi connectivity index (χ3v) is 4.56. The maximum atomic E-state index is 12.6. The van der Waals surface area contributed by atoms with Crippen molar-refractivity contribution in [3.63, 3.8) is 0 Å². The molecule has 0 aliphatic rings. The minimum absolute atomic E-state index is 0.0192. The Morgan fingerprint density at radius 1 is 1.19 bits per heavy atom. The minimum atomic E-state index is -0.341. The highest BCUT2D eigenvalue weighted by molar-refractivity contribution is 6.35. The first-order valence-electron chi connectivity index (χ1n) is 8.16. The molecule has 0 unspecified atom stereocenters. The van der Waals surface area contributed by atoms with E-state index >= 15 is 0 Å². The molecule has 1 heterocycles. The molecular weight excluding hydrogens is 352 g/mol. The van der Waals surface area contributed by atoms with E-state index in [1.165, 1.54) is 6.92 Å². The molecular formula is C20H19ClN2O3. The van der Waals surface area contributed by atoms with Gasteiger partial charge in [0.1, 0.15) is 0 Å². The molecule has 0 spiro atoms. The molecule has 0 aliphatic heterocycles. The number of amides is 2. The molecule has 5 nitrogen and oxygen atoms in total. The van der Waals surface area contributed by atoms with Crippen molar-refractivity contribution >= 4 is 40.1 Å². The first kappa shape index (κ1) is 18.0. The number of benzene rings is 2. The van der Waals surface area contributed by atoms with Gasteiger partial charge >= 0.3 is 0 Å². The van der Waals surface area contributed by atoms with Crippen LogP contribution in [0.2, 0.25) is 5.02 Å². The van der Waals surface area contributed by atoms with Gasteiger partial charge in [0.05, 0.1) is 5.02 Å². The first-order valence-corrected chi connectivity index (χ1v) is 8.54. The van der Waals surface area contributed by atoms with Gasteiger partial charge in [0, 0.05) is 37.2 Å². The number of hydrogen-bond acceptors (Lipinski definition) is 3. The number of nitrogens with one attached hydrogen (secondary N) is 1. The number of carbonyl (C=O) groups excluding carboxylic acids is 2. The lowest BCUT2D eigenvalue weighted by Crippen LogP contribution is -2.23. The second-order valence-electron chi connectivity index (χ2n) is 6.20. The van der Waals surface area contributed by atoms with Crippen LogP contribution < -0.4 is 5.32 Å². The highest BCUT2D eigenvalue weighted by Gasteiger charge is 2.19. The fraction of sp³-hybridized carbons (Fsp3) is 0.200. The Bertz CT molecular complexity index is 994. The van der Waals surface area contributed by atoms with Crippen LogP contribution in [0, 0.1) is 6.92 Å². The van der Waals surface area contributed by atoms with Gasteiger partial charge < -0.3 is 14.6 Å². The van der Waals surface area contributed by atoms with Crippen LogP contribution in [-0.2, 0) is 11.3 Å². The predicted octanol–water partition coefficient (Wildman–Crippen LogP) is 4.63. The Morgan fingerprint density at radius 3 is 2.62 bits per heavy atom. The van der Waals surface area contributed by atoms with Gasteiger partial charge in [-0.2, -0.15) is 0 Å². The van der Waals surface area contributed by atoms with E-state index < -0.39 is 0 Å². The van der Waals surface area contributed by atoms with Crippen LogP contribution in [0.1, 0.15) is 28.6 Å². The van der Waals surface area contributed by atoms with E-state index in [-0.39, 0.29) is 17.6 Å². The molecule has 1 aromatic heterocycles. The van der Waals surface area contributed by atoms with Crippen molar-refractivity contribution in [2.45, 2.75) is 20.4 Å². The van der Waals surface area contributed by atoms with Gasteiger partial charge in [-0.25, -0.2) is 0 Å². The number of anilines is 1. The highest BCUT2D eigenvalue weighted by atomic mass is 35.5. The molecule has 3 rings (SSSR count). The number of hydrogen-bond donors (Lipinski definition) is 1. The number of nitrogens with zero attached hydrogens (tertiary/aromatic N) is 1. The Kier molecular flexibility index (Phi) is 5.00. The number of para-hydroxylation sites is 1. The van der Waals surface area contributed by atoms with E-state index in [0.29, 0.717) is 22.8 Å². The van der Waals surface area contributed by atoms with Crippen molar-refractivity contribution in [2.75, 3.05) is 12.4 Å². The number of carbonyl (C=O) groups is 2. The van der Waals surface area contributed by atoms with E-state index in [1.54, 1.807) is 24.1 Å². The Labute approximate surface area is 156 Å². The van der Waals surface area contributed by atoms with Gasteiger partial charge in [-0.1, -0.05) is 35.9 Å². The topological polar surface area (TPSA) is 62.6 Å². The van der Waals surface area contributed by atoms with E-state index in [9.17, 15) is 9.59 Å². The zero-order valence-corrected chi connectivity index (χ0v) is 15.6. The molecule has 0 radical (unpaired) electrons. The number of fused-ring (bicyclic) bond motifs is 1. The van der Waals surface area contributed by atoms with Crippen LogP contribution in [0.3, 0.4) is 0 Å². The predicted molar refractivity (Wildman–Crippen MR) is 103 cm³/mol. The van der Waals surface area contributed by atoms with Crippen molar-refractivity contribution < 1.29 is 14.0 Å². The third-order valence-electron chi connectivity index (χ3n) is 4.26. The van der Waals surface area contributed by atoms with Crippen molar-refractivity contribution in [2.24, 2.45) is 0 Å². The standard InChI is InChI=1S/C20H19ClN2O3/c1-12-16-8-5-9-17(21)19(16)26-18(12)20(25)22-15-7-4-6-14(10-15)11-23(3)13(2)24/h4-10H,11H2,1-3H3,(H,22,25). The minimum Gasteiger partial charge on any atom is -0.449 e. The van der Waals surface area contributed by atoms with Gasteiger partial charge in [-0.3, -0.25) is 9.59 Å². The number of halogens is 1. The van der Waals surface area contributed by atoms with Gasteiger partial charge in [0.15, 0.2) is 11.3 Å². The number of rotatable bonds is 4. The van der Waals surface area contributed by atoms with Crippen LogP contribution in [0.15, 0.2) is 46.9 Å². The summed E-state index contributed by atoms with van der Waals surface area (Å²) in [6.45, 7) is 3.81. The van der Waals surface area contributed by atoms with Crippen LogP contribution in [-0.4, -0.2) is 23.8 Å². The molecule has 0 bridgehead atoms. The Balaban J connectivity index is 1.83. The third kappa shape index (κ3) is 3.58. The fourth-order valence-corrected chi connectivity index (χ4v) is 2.96. The summed E-state index contributed by atoms with van der Waals surface area (Å²) in [4.78, 5) is 25.6. The molecule has 2 amide bonds. The monoisotopic (exact) mass is 370 g/mol. The summed E-state index contributed by atoms with van der Waals surface area (Å²) in [6, 6.07) is 12.8. The zero-order valence-electron chi connectivity index (χ0n) is 14.8. The lowest BCUT2D eigenvalue weighted by Gasteiger charge is -2.15. The fourth-order valence-electron chi connectivity index (χ4n) is 2.75. The smallest absolute Gasteiger partial charge is 0.291 e. The van der Waals surface area contributed by atoms with Crippen molar-refractivity contribution in [1.82, 2.24) is 4.90 Å². The second-order valence-corrected chi connectivity index (χ2v) is 6.61. The average molecular weight is 371 g/mol. The number of aryl methyl sites for hydroxylation is 1. The number of furan rings is 1. The first-order chi connectivity index (χ1) is 12.4. The molecule has 0 saturated heterocycles. The SMILES string of the molecule is CC(=O)N(C)Cc1cccc(NC(=O)c2oc3c(Cl)cccc3c2C)c1. The molecule has 0 atom stereocenters. The molecule has 26 heavy (non-hydrogen) atoms. The zero-order chi connectivity index (χ0) is 18.8. The summed E-state index contributed by atoms with van der Waals surface area (Å²) >= 11 is 6.14. The maximum absolute atomic E-state index is 12.6. The molecule has 0 saturated carbocycles.